The van der Waals surface area contributed by atoms with Gasteiger partial charge in [-0.3, -0.25) is 10.2 Å². The van der Waals surface area contributed by atoms with Crippen LogP contribution in [0, 0.1) is 6.92 Å². The molecule has 0 saturated heterocycles. The third-order valence-corrected chi connectivity index (χ3v) is 4.21. The quantitative estimate of drug-likeness (QED) is 0.574. The van der Waals surface area contributed by atoms with Crippen LogP contribution in [-0.4, -0.2) is 16.6 Å². The Bertz CT molecular complexity index is 836. The lowest BCUT2D eigenvalue weighted by Gasteiger charge is -2.05. The number of nitrogens with one attached hydrogen (secondary N) is 1. The van der Waals surface area contributed by atoms with Crippen molar-refractivity contribution in [3.8, 4) is 0 Å². The van der Waals surface area contributed by atoms with E-state index in [0.717, 1.165) is 21.5 Å². The van der Waals surface area contributed by atoms with E-state index in [1.54, 1.807) is 0 Å². The number of benzene rings is 2. The molecule has 2 aromatic carbocycles. The molecule has 0 atom stereocenters. The first-order valence-corrected chi connectivity index (χ1v) is 7.52. The number of nitrogens with zero attached hydrogens (tertiary/aromatic N) is 2. The summed E-state index contributed by atoms with van der Waals surface area (Å²) in [6.07, 6.45) is 0. The Kier molecular flexibility index (Phi) is 3.84. The Hall–Kier alpha value is -2.73. The highest BCUT2D eigenvalue weighted by atomic mass is 32.1. The molecule has 6 heteroatoms. The zero-order chi connectivity index (χ0) is 15.5. The first-order valence-electron chi connectivity index (χ1n) is 6.70. The van der Waals surface area contributed by atoms with E-state index in [4.69, 9.17) is 5.73 Å². The number of amides is 1. The van der Waals surface area contributed by atoms with Crippen molar-refractivity contribution in [1.29, 1.82) is 0 Å². The van der Waals surface area contributed by atoms with Gasteiger partial charge >= 0.3 is 0 Å². The van der Waals surface area contributed by atoms with Gasteiger partial charge in [0, 0.05) is 0 Å². The first-order chi connectivity index (χ1) is 10.6. The summed E-state index contributed by atoms with van der Waals surface area (Å²) in [6, 6.07) is 15.3. The third-order valence-electron chi connectivity index (χ3n) is 3.16. The number of nitrogens with two attached hydrogens (primary N) is 1. The highest BCUT2D eigenvalue weighted by molar-refractivity contribution is 7.21. The van der Waals surface area contributed by atoms with E-state index >= 15 is 0 Å². The van der Waals surface area contributed by atoms with E-state index in [1.807, 2.05) is 55.5 Å². The highest BCUT2D eigenvalue weighted by Crippen LogP contribution is 2.22. The average molecular weight is 310 g/mol. The molecular weight excluding hydrogens is 296 g/mol. The lowest BCUT2D eigenvalue weighted by molar-refractivity contribution is -0.111. The number of primary amides is 1. The van der Waals surface area contributed by atoms with Crippen molar-refractivity contribution in [3.05, 3.63) is 59.1 Å². The monoisotopic (exact) mass is 310 g/mol. The van der Waals surface area contributed by atoms with Gasteiger partial charge in [0.25, 0.3) is 5.91 Å². The number of rotatable bonds is 4. The molecule has 0 bridgehead atoms. The summed E-state index contributed by atoms with van der Waals surface area (Å²) in [4.78, 5) is 16.1. The minimum Gasteiger partial charge on any atom is -0.364 e. The fourth-order valence-electron chi connectivity index (χ4n) is 2.00. The van der Waals surface area contributed by atoms with E-state index in [1.165, 1.54) is 11.3 Å². The zero-order valence-corrected chi connectivity index (χ0v) is 12.7. The van der Waals surface area contributed by atoms with Crippen LogP contribution in [0.4, 0.5) is 5.69 Å². The first kappa shape index (κ1) is 14.2. The number of hydrogen-bond donors (Lipinski definition) is 2. The van der Waals surface area contributed by atoms with Gasteiger partial charge in [0.05, 0.1) is 15.9 Å². The molecule has 22 heavy (non-hydrogen) atoms. The molecule has 0 radical (unpaired) electrons. The number of para-hydroxylation sites is 2. The van der Waals surface area contributed by atoms with Crippen LogP contribution >= 0.6 is 11.3 Å². The lowest BCUT2D eigenvalue weighted by atomic mass is 10.2. The molecule has 1 aromatic heterocycles. The number of anilines is 1. The Morgan fingerprint density at radius 3 is 2.64 bits per heavy atom. The number of fused-ring (bicyclic) bond motifs is 1. The molecule has 0 spiro atoms. The van der Waals surface area contributed by atoms with Gasteiger partial charge in [0.15, 0.2) is 10.7 Å². The second-order valence-corrected chi connectivity index (χ2v) is 5.77. The topological polar surface area (TPSA) is 80.4 Å². The van der Waals surface area contributed by atoms with E-state index in [2.05, 4.69) is 15.5 Å². The molecule has 3 N–H and O–H groups in total. The molecule has 3 aromatic rings. The van der Waals surface area contributed by atoms with Crippen LogP contribution in [0.2, 0.25) is 0 Å². The van der Waals surface area contributed by atoms with Gasteiger partial charge < -0.3 is 5.73 Å². The van der Waals surface area contributed by atoms with Crippen LogP contribution in [0.25, 0.3) is 10.2 Å². The van der Waals surface area contributed by atoms with Crippen molar-refractivity contribution in [2.45, 2.75) is 6.92 Å². The second kappa shape index (κ2) is 5.95. The van der Waals surface area contributed by atoms with Crippen molar-refractivity contribution in [3.63, 3.8) is 0 Å². The number of hydrogen-bond acceptors (Lipinski definition) is 5. The van der Waals surface area contributed by atoms with Crippen molar-refractivity contribution in [2.75, 3.05) is 5.43 Å². The number of aromatic nitrogens is 1. The van der Waals surface area contributed by atoms with Gasteiger partial charge in [-0.25, -0.2) is 4.98 Å². The summed E-state index contributed by atoms with van der Waals surface area (Å²) in [5.74, 6) is -0.611. The van der Waals surface area contributed by atoms with E-state index in [0.29, 0.717) is 5.01 Å². The highest BCUT2D eigenvalue weighted by Gasteiger charge is 2.16. The van der Waals surface area contributed by atoms with Gasteiger partial charge in [-0.2, -0.15) is 5.10 Å². The van der Waals surface area contributed by atoms with Crippen LogP contribution in [0.1, 0.15) is 10.6 Å². The van der Waals surface area contributed by atoms with Gasteiger partial charge in [-0.05, 0) is 30.7 Å². The Morgan fingerprint density at radius 1 is 1.18 bits per heavy atom. The zero-order valence-electron chi connectivity index (χ0n) is 11.9. The Balaban J connectivity index is 1.97. The standard InChI is InChI=1S/C16H14N4OS/c1-10-6-2-3-7-11(10)19-20-14(15(17)21)16-18-12-8-4-5-9-13(12)22-16/h2-9,19H,1H3,(H2,17,21)/b20-14-. The van der Waals surface area contributed by atoms with Crippen molar-refractivity contribution < 1.29 is 4.79 Å². The van der Waals surface area contributed by atoms with Crippen molar-refractivity contribution >= 4 is 38.9 Å². The summed E-state index contributed by atoms with van der Waals surface area (Å²) in [7, 11) is 0. The van der Waals surface area contributed by atoms with Gasteiger partial charge in [-0.1, -0.05) is 30.3 Å². The fraction of sp³-hybridized carbons (Fsp3) is 0.0625. The fourth-order valence-corrected chi connectivity index (χ4v) is 2.96. The minimum atomic E-state index is -0.611. The third kappa shape index (κ3) is 2.82. The predicted molar refractivity (Wildman–Crippen MR) is 90.2 cm³/mol. The normalized spacial score (nSPS) is 11.6. The maximum absolute atomic E-state index is 11.7. The Morgan fingerprint density at radius 2 is 1.91 bits per heavy atom. The average Bonchev–Trinajstić information content (AvgIpc) is 2.92. The minimum absolute atomic E-state index is 0.129. The molecule has 1 amide bonds. The molecular formula is C16H14N4OS. The molecule has 1 heterocycles. The molecule has 0 aliphatic carbocycles. The molecule has 0 aliphatic heterocycles. The maximum Gasteiger partial charge on any atom is 0.272 e. The predicted octanol–water partition coefficient (Wildman–Crippen LogP) is 2.91. The molecule has 0 fully saturated rings. The Labute approximate surface area is 131 Å². The van der Waals surface area contributed by atoms with Crippen LogP contribution < -0.4 is 11.2 Å². The molecule has 110 valence electrons. The van der Waals surface area contributed by atoms with E-state index in [9.17, 15) is 4.79 Å². The summed E-state index contributed by atoms with van der Waals surface area (Å²) < 4.78 is 0.988. The van der Waals surface area contributed by atoms with Gasteiger partial charge in [0.1, 0.15) is 0 Å². The molecule has 0 aliphatic rings. The van der Waals surface area contributed by atoms with Crippen LogP contribution in [0.3, 0.4) is 0 Å². The summed E-state index contributed by atoms with van der Waals surface area (Å²) in [5, 5.41) is 4.67. The number of carbonyl (C=O) groups is 1. The number of hydrazone groups is 1. The number of thiazole rings is 1. The lowest BCUT2D eigenvalue weighted by Crippen LogP contribution is -2.25. The van der Waals surface area contributed by atoms with Crippen molar-refractivity contribution in [1.82, 2.24) is 4.98 Å². The van der Waals surface area contributed by atoms with Gasteiger partial charge in [0.2, 0.25) is 0 Å². The molecule has 5 nitrogen and oxygen atoms in total. The largest absolute Gasteiger partial charge is 0.364 e. The van der Waals surface area contributed by atoms with E-state index in [-0.39, 0.29) is 5.71 Å². The maximum atomic E-state index is 11.7. The summed E-state index contributed by atoms with van der Waals surface area (Å²) >= 11 is 1.39. The van der Waals surface area contributed by atoms with E-state index < -0.39 is 5.91 Å². The SMILES string of the molecule is Cc1ccccc1N/N=C(/C(N)=O)c1nc2ccccc2s1. The molecule has 0 unspecified atom stereocenters. The van der Waals surface area contributed by atoms with Crippen molar-refractivity contribution in [2.24, 2.45) is 10.8 Å². The second-order valence-electron chi connectivity index (χ2n) is 4.74. The molecule has 3 rings (SSSR count). The molecule has 0 saturated carbocycles. The summed E-state index contributed by atoms with van der Waals surface area (Å²) in [5.41, 5.74) is 11.1. The number of carbonyl (C=O) groups excluding carboxylic acids is 1. The smallest absolute Gasteiger partial charge is 0.272 e. The van der Waals surface area contributed by atoms with Crippen LogP contribution in [-0.2, 0) is 4.79 Å². The number of aryl methyl sites for hydroxylation is 1. The summed E-state index contributed by atoms with van der Waals surface area (Å²) in [6.45, 7) is 1.96. The van der Waals surface area contributed by atoms with Gasteiger partial charge in [-0.15, -0.1) is 11.3 Å². The van der Waals surface area contributed by atoms with Crippen LogP contribution in [0.5, 0.6) is 0 Å². The van der Waals surface area contributed by atoms with Crippen LogP contribution in [0.15, 0.2) is 53.6 Å².